The molecule has 0 amide bonds. The Labute approximate surface area is 88.9 Å². The molecule has 1 aromatic rings. The summed E-state index contributed by atoms with van der Waals surface area (Å²) >= 11 is 0. The Morgan fingerprint density at radius 3 is 2.93 bits per heavy atom. The van der Waals surface area contributed by atoms with Crippen LogP contribution >= 0.6 is 0 Å². The number of nitriles is 1. The van der Waals surface area contributed by atoms with Crippen LogP contribution < -0.4 is 4.90 Å². The van der Waals surface area contributed by atoms with E-state index < -0.39 is 5.92 Å². The molecule has 0 spiro atoms. The molecule has 0 N–H and O–H groups in total. The summed E-state index contributed by atoms with van der Waals surface area (Å²) in [5.41, 5.74) is 2.20. The Morgan fingerprint density at radius 1 is 1.53 bits per heavy atom. The van der Waals surface area contributed by atoms with E-state index in [1.165, 1.54) is 5.56 Å². The van der Waals surface area contributed by atoms with Gasteiger partial charge in [-0.3, -0.25) is 4.79 Å². The molecular weight excluding hydrogens is 188 g/mol. The summed E-state index contributed by atoms with van der Waals surface area (Å²) < 4.78 is 0. The lowest BCUT2D eigenvalue weighted by atomic mass is 10.1. The van der Waals surface area contributed by atoms with Gasteiger partial charge in [0.25, 0.3) is 0 Å². The first kappa shape index (κ1) is 9.72. The first-order chi connectivity index (χ1) is 7.20. The number of rotatable bonds is 1. The Balaban J connectivity index is 2.21. The predicted octanol–water partition coefficient (Wildman–Crippen LogP) is 1.52. The Kier molecular flexibility index (Phi) is 2.42. The van der Waals surface area contributed by atoms with E-state index in [4.69, 9.17) is 5.26 Å². The Hall–Kier alpha value is -1.82. The van der Waals surface area contributed by atoms with Gasteiger partial charge in [-0.05, 0) is 24.6 Å². The van der Waals surface area contributed by atoms with Crippen LogP contribution in [0, 0.1) is 24.2 Å². The lowest BCUT2D eigenvalue weighted by molar-refractivity contribution is -0.118. The molecule has 1 saturated heterocycles. The van der Waals surface area contributed by atoms with E-state index in [9.17, 15) is 4.79 Å². The number of aryl methyl sites for hydroxylation is 1. The van der Waals surface area contributed by atoms with Gasteiger partial charge >= 0.3 is 0 Å². The zero-order valence-electron chi connectivity index (χ0n) is 8.60. The van der Waals surface area contributed by atoms with Crippen LogP contribution in [0.3, 0.4) is 0 Å². The molecule has 1 aliphatic rings. The van der Waals surface area contributed by atoms with Crippen molar-refractivity contribution in [2.24, 2.45) is 5.92 Å². The Morgan fingerprint density at radius 2 is 2.33 bits per heavy atom. The lowest BCUT2D eigenvalue weighted by Crippen LogP contribution is -2.19. The molecule has 3 heteroatoms. The molecule has 0 radical (unpaired) electrons. The SMILES string of the molecule is Cc1cccc(N2CC(=O)C(C#N)C2)c1. The van der Waals surface area contributed by atoms with Gasteiger partial charge in [0, 0.05) is 12.2 Å². The van der Waals surface area contributed by atoms with E-state index in [1.807, 2.05) is 42.2 Å². The molecule has 3 nitrogen and oxygen atoms in total. The first-order valence-electron chi connectivity index (χ1n) is 4.94. The van der Waals surface area contributed by atoms with Gasteiger partial charge < -0.3 is 4.90 Å². The van der Waals surface area contributed by atoms with Crippen molar-refractivity contribution in [2.75, 3.05) is 18.0 Å². The third-order valence-corrected chi connectivity index (χ3v) is 2.66. The summed E-state index contributed by atoms with van der Waals surface area (Å²) in [6.45, 7) is 2.91. The highest BCUT2D eigenvalue weighted by Gasteiger charge is 2.30. The molecule has 1 heterocycles. The van der Waals surface area contributed by atoms with Crippen LogP contribution in [0.15, 0.2) is 24.3 Å². The van der Waals surface area contributed by atoms with Crippen LogP contribution in [0.2, 0.25) is 0 Å². The number of Topliss-reactive ketones (excluding diaryl/α,β-unsaturated/α-hetero) is 1. The standard InChI is InChI=1S/C12H12N2O/c1-9-3-2-4-11(5-9)14-7-10(6-13)12(15)8-14/h2-5,10H,7-8H2,1H3. The second-order valence-corrected chi connectivity index (χ2v) is 3.87. The average molecular weight is 200 g/mol. The minimum atomic E-state index is -0.453. The normalized spacial score (nSPS) is 20.4. The largest absolute Gasteiger partial charge is 0.362 e. The second kappa shape index (κ2) is 3.74. The number of ketones is 1. The van der Waals surface area contributed by atoms with Gasteiger partial charge in [-0.1, -0.05) is 12.1 Å². The molecule has 1 aromatic carbocycles. The van der Waals surface area contributed by atoms with E-state index in [0.29, 0.717) is 13.1 Å². The summed E-state index contributed by atoms with van der Waals surface area (Å²) in [5.74, 6) is -0.426. The number of anilines is 1. The highest BCUT2D eigenvalue weighted by molar-refractivity contribution is 5.91. The van der Waals surface area contributed by atoms with Crippen LogP contribution in [-0.4, -0.2) is 18.9 Å². The van der Waals surface area contributed by atoms with Crippen molar-refractivity contribution in [3.63, 3.8) is 0 Å². The van der Waals surface area contributed by atoms with Gasteiger partial charge in [0.15, 0.2) is 5.78 Å². The maximum absolute atomic E-state index is 11.4. The monoisotopic (exact) mass is 200 g/mol. The van der Waals surface area contributed by atoms with Gasteiger partial charge in [-0.2, -0.15) is 5.26 Å². The van der Waals surface area contributed by atoms with Crippen LogP contribution in [0.4, 0.5) is 5.69 Å². The van der Waals surface area contributed by atoms with Gasteiger partial charge in [0.05, 0.1) is 12.6 Å². The predicted molar refractivity (Wildman–Crippen MR) is 57.5 cm³/mol. The van der Waals surface area contributed by atoms with Gasteiger partial charge in [-0.25, -0.2) is 0 Å². The number of carbonyl (C=O) groups is 1. The van der Waals surface area contributed by atoms with E-state index in [0.717, 1.165) is 5.69 Å². The molecule has 1 unspecified atom stereocenters. The van der Waals surface area contributed by atoms with Crippen molar-refractivity contribution in [3.8, 4) is 6.07 Å². The molecule has 1 aliphatic heterocycles. The lowest BCUT2D eigenvalue weighted by Gasteiger charge is -2.16. The number of nitrogens with zero attached hydrogens (tertiary/aromatic N) is 2. The zero-order chi connectivity index (χ0) is 10.8. The van der Waals surface area contributed by atoms with E-state index in [2.05, 4.69) is 0 Å². The maximum atomic E-state index is 11.4. The van der Waals surface area contributed by atoms with Gasteiger partial charge in [-0.15, -0.1) is 0 Å². The first-order valence-corrected chi connectivity index (χ1v) is 4.94. The zero-order valence-corrected chi connectivity index (χ0v) is 8.60. The van der Waals surface area contributed by atoms with Crippen LogP contribution in [-0.2, 0) is 4.79 Å². The molecular formula is C12H12N2O. The van der Waals surface area contributed by atoms with Crippen molar-refractivity contribution in [3.05, 3.63) is 29.8 Å². The number of hydrogen-bond acceptors (Lipinski definition) is 3. The van der Waals surface area contributed by atoms with Crippen molar-refractivity contribution in [1.82, 2.24) is 0 Å². The number of benzene rings is 1. The van der Waals surface area contributed by atoms with Gasteiger partial charge in [0.1, 0.15) is 5.92 Å². The quantitative estimate of drug-likeness (QED) is 0.690. The third-order valence-electron chi connectivity index (χ3n) is 2.66. The second-order valence-electron chi connectivity index (χ2n) is 3.87. The average Bonchev–Trinajstić information content (AvgIpc) is 2.60. The fourth-order valence-electron chi connectivity index (χ4n) is 1.82. The van der Waals surface area contributed by atoms with Gasteiger partial charge in [0.2, 0.25) is 0 Å². The van der Waals surface area contributed by atoms with Crippen LogP contribution in [0.25, 0.3) is 0 Å². The summed E-state index contributed by atoms with van der Waals surface area (Å²) in [7, 11) is 0. The number of carbonyl (C=O) groups excluding carboxylic acids is 1. The smallest absolute Gasteiger partial charge is 0.170 e. The summed E-state index contributed by atoms with van der Waals surface area (Å²) in [5, 5.41) is 8.76. The van der Waals surface area contributed by atoms with Crippen LogP contribution in [0.1, 0.15) is 5.56 Å². The van der Waals surface area contributed by atoms with Crippen molar-refractivity contribution >= 4 is 11.5 Å². The van der Waals surface area contributed by atoms with Crippen molar-refractivity contribution in [2.45, 2.75) is 6.92 Å². The molecule has 2 rings (SSSR count). The molecule has 1 atom stereocenters. The maximum Gasteiger partial charge on any atom is 0.170 e. The third kappa shape index (κ3) is 1.84. The molecule has 0 aromatic heterocycles. The van der Waals surface area contributed by atoms with E-state index in [-0.39, 0.29) is 5.78 Å². The molecule has 1 fully saturated rings. The fourth-order valence-corrected chi connectivity index (χ4v) is 1.82. The summed E-state index contributed by atoms with van der Waals surface area (Å²) in [6.07, 6.45) is 0. The fraction of sp³-hybridized carbons (Fsp3) is 0.333. The summed E-state index contributed by atoms with van der Waals surface area (Å²) in [4.78, 5) is 13.4. The minimum absolute atomic E-state index is 0.0269. The van der Waals surface area contributed by atoms with Crippen molar-refractivity contribution < 1.29 is 4.79 Å². The minimum Gasteiger partial charge on any atom is -0.362 e. The highest BCUT2D eigenvalue weighted by Crippen LogP contribution is 2.22. The number of hydrogen-bond donors (Lipinski definition) is 0. The topological polar surface area (TPSA) is 44.1 Å². The molecule has 0 aliphatic carbocycles. The van der Waals surface area contributed by atoms with E-state index >= 15 is 0 Å². The van der Waals surface area contributed by atoms with Crippen molar-refractivity contribution in [1.29, 1.82) is 5.26 Å². The van der Waals surface area contributed by atoms with E-state index in [1.54, 1.807) is 0 Å². The molecule has 0 saturated carbocycles. The summed E-state index contributed by atoms with van der Waals surface area (Å²) in [6, 6.07) is 10.0. The molecule has 76 valence electrons. The molecule has 0 bridgehead atoms. The van der Waals surface area contributed by atoms with Crippen LogP contribution in [0.5, 0.6) is 0 Å². The molecule has 15 heavy (non-hydrogen) atoms. The Bertz CT molecular complexity index is 433. The highest BCUT2D eigenvalue weighted by atomic mass is 16.1.